The molecular weight excluding hydrogens is 897 g/mol. The standard InChI is InChI=1S/C53H76N6O11/c1-27(2)26-58-23-19-53(20-24-58)56-40-37-38-45(62)34(10)48-39(37)49(64)52(11,70-48)68-25-18-36(67-12)31(7)47(69-51(66)54-35-16-21-59(22-17-35)28(3)4)33(9)44(61)32(8)43(60)29(5)14-13-15-30(6)50(65)55-42(46(38)63)41(40)57-53/h13-15,18,25,27-29,31-33,35-36,43-44,47,60-63H,16-17,19-24,26H2,1-12H3,(H,54,66)(H,55,65)/b14-13+,25-18+,30-15-/t29-,31+,32+,33+,36-,43-,44+,47+,52-/m0/s1. The normalized spacial score (nSPS) is 31.9. The number of phenols is 2. The molecule has 6 aliphatic rings. The summed E-state index contributed by atoms with van der Waals surface area (Å²) in [5.74, 6) is -6.06. The average molecular weight is 973 g/mol. The van der Waals surface area contributed by atoms with Crippen LogP contribution in [0.3, 0.4) is 0 Å². The summed E-state index contributed by atoms with van der Waals surface area (Å²) in [7, 11) is 1.49. The van der Waals surface area contributed by atoms with Crippen molar-refractivity contribution in [1.29, 1.82) is 0 Å². The Balaban J connectivity index is 1.31. The molecule has 0 unspecified atom stereocenters. The second-order valence-electron chi connectivity index (χ2n) is 21.3. The van der Waals surface area contributed by atoms with Gasteiger partial charge in [0.2, 0.25) is 0 Å². The molecule has 17 nitrogen and oxygen atoms in total. The third kappa shape index (κ3) is 10.3. The van der Waals surface area contributed by atoms with Gasteiger partial charge in [-0.15, -0.1) is 0 Å². The number of ether oxygens (including phenoxy) is 4. The van der Waals surface area contributed by atoms with Crippen LogP contribution in [0.15, 0.2) is 46.1 Å². The topological polar surface area (TPSA) is 224 Å². The summed E-state index contributed by atoms with van der Waals surface area (Å²) in [5.41, 5.74) is -0.584. The van der Waals surface area contributed by atoms with Crippen molar-refractivity contribution >= 4 is 34.2 Å². The number of aliphatic hydroxyl groups is 2. The van der Waals surface area contributed by atoms with Gasteiger partial charge in [0.15, 0.2) is 11.4 Å². The van der Waals surface area contributed by atoms with Crippen LogP contribution in [0.5, 0.6) is 17.2 Å². The maximum absolute atomic E-state index is 14.9. The van der Waals surface area contributed by atoms with Gasteiger partial charge in [0.1, 0.15) is 28.6 Å². The Labute approximate surface area is 411 Å². The first-order valence-corrected chi connectivity index (χ1v) is 25.1. The van der Waals surface area contributed by atoms with E-state index in [1.54, 1.807) is 58.9 Å². The summed E-state index contributed by atoms with van der Waals surface area (Å²) >= 11 is 0. The number of hydrogen-bond donors (Lipinski definition) is 6. The minimum atomic E-state index is -1.98. The number of aromatic hydroxyl groups is 2. The molecule has 1 spiro atoms. The lowest BCUT2D eigenvalue weighted by Crippen LogP contribution is -2.50. The number of amides is 2. The van der Waals surface area contributed by atoms with E-state index < -0.39 is 83.1 Å². The average Bonchev–Trinajstić information content (AvgIpc) is 3.82. The summed E-state index contributed by atoms with van der Waals surface area (Å²) in [5, 5.41) is 54.1. The molecule has 384 valence electrons. The fourth-order valence-corrected chi connectivity index (χ4v) is 10.9. The van der Waals surface area contributed by atoms with E-state index in [0.29, 0.717) is 37.9 Å². The number of rotatable bonds is 6. The number of nitrogens with one attached hydrogen (secondary N) is 2. The van der Waals surface area contributed by atoms with Crippen molar-refractivity contribution in [3.8, 4) is 17.2 Å². The molecular formula is C53H76N6O11. The summed E-state index contributed by atoms with van der Waals surface area (Å²) in [6.07, 6.45) is 5.82. The van der Waals surface area contributed by atoms with E-state index in [1.165, 1.54) is 20.3 Å². The maximum Gasteiger partial charge on any atom is 0.407 e. The number of likely N-dealkylation sites (tertiary alicyclic amines) is 2. The molecule has 5 bridgehead atoms. The number of alkyl carbamates (subject to hydrolysis) is 1. The largest absolute Gasteiger partial charge is 0.507 e. The zero-order chi connectivity index (χ0) is 51.1. The Morgan fingerprint density at radius 2 is 1.57 bits per heavy atom. The van der Waals surface area contributed by atoms with E-state index in [0.717, 1.165) is 32.5 Å². The number of nitrogens with zero attached hydrogens (tertiary/aromatic N) is 4. The molecule has 0 aliphatic carbocycles. The van der Waals surface area contributed by atoms with E-state index in [1.807, 2.05) is 6.92 Å². The second-order valence-corrected chi connectivity index (χ2v) is 21.3. The molecule has 2 saturated heterocycles. The number of Topliss-reactive ketones (excluding diaryl/α,β-unsaturated/α-hetero) is 1. The molecule has 6 heterocycles. The Hall–Kier alpha value is -5.07. The minimum Gasteiger partial charge on any atom is -0.507 e. The number of aliphatic hydroxyl groups excluding tert-OH is 2. The number of carbonyl (C=O) groups is 3. The number of benzene rings is 2. The maximum atomic E-state index is 14.9. The van der Waals surface area contributed by atoms with Gasteiger partial charge < -0.3 is 59.8 Å². The number of ketones is 1. The van der Waals surface area contributed by atoms with E-state index >= 15 is 0 Å². The molecule has 0 saturated carbocycles. The minimum absolute atomic E-state index is 0.0359. The molecule has 6 N–H and O–H groups in total. The monoisotopic (exact) mass is 973 g/mol. The Morgan fingerprint density at radius 3 is 2.20 bits per heavy atom. The van der Waals surface area contributed by atoms with Crippen LogP contribution in [0.2, 0.25) is 0 Å². The Morgan fingerprint density at radius 1 is 0.914 bits per heavy atom. The lowest BCUT2D eigenvalue weighted by Gasteiger charge is -2.39. The van der Waals surface area contributed by atoms with E-state index in [2.05, 4.69) is 48.1 Å². The zero-order valence-electron chi connectivity index (χ0n) is 43.0. The van der Waals surface area contributed by atoms with Crippen molar-refractivity contribution in [2.75, 3.05) is 45.2 Å². The third-order valence-corrected chi connectivity index (χ3v) is 15.4. The predicted octanol–water partition coefficient (Wildman–Crippen LogP) is 5.79. The molecule has 0 radical (unpaired) electrons. The number of fused-ring (bicyclic) bond motifs is 13. The lowest BCUT2D eigenvalue weighted by molar-refractivity contribution is -0.112. The van der Waals surface area contributed by atoms with Crippen molar-refractivity contribution in [2.24, 2.45) is 39.6 Å². The van der Waals surface area contributed by atoms with Crippen molar-refractivity contribution in [1.82, 2.24) is 15.1 Å². The molecule has 2 aromatic rings. The van der Waals surface area contributed by atoms with Crippen molar-refractivity contribution in [2.45, 2.75) is 150 Å². The molecule has 2 aromatic carbocycles. The molecule has 8 rings (SSSR count). The van der Waals surface area contributed by atoms with Crippen molar-refractivity contribution in [3.63, 3.8) is 0 Å². The van der Waals surface area contributed by atoms with Crippen LogP contribution < -0.4 is 26.1 Å². The van der Waals surface area contributed by atoms with Crippen LogP contribution in [0, 0.1) is 36.5 Å². The van der Waals surface area contributed by atoms with Crippen LogP contribution in [0.4, 0.5) is 10.5 Å². The molecule has 17 heteroatoms. The van der Waals surface area contributed by atoms with Crippen molar-refractivity contribution in [3.05, 3.63) is 58.0 Å². The lowest BCUT2D eigenvalue weighted by atomic mass is 9.78. The fraction of sp³-hybridized carbons (Fsp3) is 0.642. The molecule has 2 fully saturated rings. The predicted molar refractivity (Wildman–Crippen MR) is 265 cm³/mol. The highest BCUT2D eigenvalue weighted by atomic mass is 16.7. The van der Waals surface area contributed by atoms with Gasteiger partial charge in [0.05, 0.1) is 40.9 Å². The summed E-state index contributed by atoms with van der Waals surface area (Å²) in [6, 6.07) is 0.295. The highest BCUT2D eigenvalue weighted by molar-refractivity contribution is 6.19. The van der Waals surface area contributed by atoms with Gasteiger partial charge in [-0.25, -0.2) is 4.79 Å². The van der Waals surface area contributed by atoms with Gasteiger partial charge in [-0.2, -0.15) is 0 Å². The zero-order valence-corrected chi connectivity index (χ0v) is 43.0. The Kier molecular flexibility index (Phi) is 15.8. The van der Waals surface area contributed by atoms with Gasteiger partial charge in [-0.1, -0.05) is 59.8 Å². The number of anilines is 1. The van der Waals surface area contributed by atoms with Crippen LogP contribution in [-0.2, 0) is 19.0 Å². The number of methoxy groups -OCH3 is 1. The van der Waals surface area contributed by atoms with Crippen LogP contribution in [-0.4, -0.2) is 136 Å². The quantitative estimate of drug-likeness (QED) is 0.189. The molecule has 0 aromatic heterocycles. The third-order valence-electron chi connectivity index (χ3n) is 15.4. The molecule has 70 heavy (non-hydrogen) atoms. The van der Waals surface area contributed by atoms with Gasteiger partial charge in [0, 0.05) is 112 Å². The highest BCUT2D eigenvalue weighted by Gasteiger charge is 2.50. The Bertz CT molecular complexity index is 2540. The first kappa shape index (κ1) is 52.7. The van der Waals surface area contributed by atoms with Gasteiger partial charge >= 0.3 is 11.9 Å². The smallest absolute Gasteiger partial charge is 0.407 e. The van der Waals surface area contributed by atoms with E-state index in [-0.39, 0.29) is 61.4 Å². The highest BCUT2D eigenvalue weighted by Crippen LogP contribution is 2.50. The SMILES string of the molecule is CO[C@H]1/C=C/O[C@@]2(C)Oc3c(C)c(O)c4c(O)c(c5c(c4c3C2=O)=NC2(CCN(CC(C)C)CC2)N=5)NC(=O)/C(C)=C\C=C\[C@H](C)[C@H](O)[C@@H](C)[C@@H](O)[C@@H](C)[C@H](OC(=O)NC2CCN(C(C)C)CC2)[C@@H]1C. The van der Waals surface area contributed by atoms with E-state index in [4.69, 9.17) is 28.9 Å². The van der Waals surface area contributed by atoms with Crippen LogP contribution in [0.1, 0.15) is 111 Å². The number of hydrogen-bond acceptors (Lipinski definition) is 15. The number of piperidine rings is 2. The van der Waals surface area contributed by atoms with Crippen LogP contribution >= 0.6 is 0 Å². The molecule has 9 atom stereocenters. The fourth-order valence-electron chi connectivity index (χ4n) is 10.9. The molecule has 2 amide bonds. The second kappa shape index (κ2) is 21.0. The van der Waals surface area contributed by atoms with Gasteiger partial charge in [0.25, 0.3) is 11.7 Å². The summed E-state index contributed by atoms with van der Waals surface area (Å²) < 4.78 is 24.8. The summed E-state index contributed by atoms with van der Waals surface area (Å²) in [4.78, 5) is 57.8. The van der Waals surface area contributed by atoms with E-state index in [9.17, 15) is 34.8 Å². The number of carbonyl (C=O) groups excluding carboxylic acids is 3. The molecule has 6 aliphatic heterocycles. The first-order chi connectivity index (χ1) is 33.0. The number of phenolic OH excluding ortho intramolecular Hbond substituents is 2. The van der Waals surface area contributed by atoms with Gasteiger partial charge in [-0.3, -0.25) is 19.6 Å². The van der Waals surface area contributed by atoms with Crippen LogP contribution in [0.25, 0.3) is 10.8 Å². The van der Waals surface area contributed by atoms with Crippen molar-refractivity contribution < 1.29 is 53.8 Å². The van der Waals surface area contributed by atoms with Gasteiger partial charge in [-0.05, 0) is 52.5 Å². The number of allylic oxidation sites excluding steroid dienone is 2. The first-order valence-electron chi connectivity index (χ1n) is 25.1. The summed E-state index contributed by atoms with van der Waals surface area (Å²) in [6.45, 7) is 24.3.